The largest absolute Gasteiger partial charge is 0.449 e. The van der Waals surface area contributed by atoms with Crippen molar-refractivity contribution >= 4 is 13.5 Å². The Morgan fingerprint density at radius 1 is 1.40 bits per heavy atom. The van der Waals surface area contributed by atoms with E-state index in [4.69, 9.17) is 0 Å². The smallest absolute Gasteiger partial charge is 0.341 e. The maximum atomic E-state index is 11.5. The normalized spacial score (nSPS) is 10.7. The number of hydrogen-bond donors (Lipinski definition) is 1. The third-order valence-electron chi connectivity index (χ3n) is 0.767. The summed E-state index contributed by atoms with van der Waals surface area (Å²) in [6.07, 6.45) is -2.16. The molecule has 0 radical (unpaired) electrons. The molecule has 0 spiro atoms. The highest BCUT2D eigenvalue weighted by Gasteiger charge is 2.33. The van der Waals surface area contributed by atoms with Crippen LogP contribution < -0.4 is 0 Å². The fourth-order valence-corrected chi connectivity index (χ4v) is 0.420. The molecule has 1 aromatic rings. The van der Waals surface area contributed by atoms with Gasteiger partial charge in [-0.1, -0.05) is 0 Å². The number of nitrogens with zero attached hydrogens (tertiary/aromatic N) is 1. The second-order valence-electron chi connectivity index (χ2n) is 1.44. The molecule has 2 nitrogen and oxygen atoms in total. The lowest BCUT2D eigenvalue weighted by molar-refractivity contribution is -0.144. The van der Waals surface area contributed by atoms with E-state index in [1.165, 1.54) is 0 Å². The number of aromatic nitrogens is 2. The molecule has 1 heterocycles. The second kappa shape index (κ2) is 2.96. The van der Waals surface area contributed by atoms with Crippen molar-refractivity contribution in [2.75, 3.05) is 0 Å². The van der Waals surface area contributed by atoms with Crippen LogP contribution in [0.2, 0.25) is 0 Å². The molecule has 0 unspecified atom stereocenters. The van der Waals surface area contributed by atoms with Crippen LogP contribution in [0.1, 0.15) is 5.82 Å². The minimum absolute atomic E-state index is 0. The van der Waals surface area contributed by atoms with Crippen LogP contribution in [0.25, 0.3) is 0 Å². The molecular weight excluding hydrogens is 165 g/mol. The molecule has 10 heavy (non-hydrogen) atoms. The van der Waals surface area contributed by atoms with Gasteiger partial charge >= 0.3 is 6.18 Å². The summed E-state index contributed by atoms with van der Waals surface area (Å²) in [5.41, 5.74) is 0. The highest BCUT2D eigenvalue weighted by atomic mass is 32.1. The Balaban J connectivity index is 0.000000810. The van der Waals surface area contributed by atoms with E-state index in [2.05, 4.69) is 4.98 Å². The summed E-state index contributed by atoms with van der Waals surface area (Å²) in [6, 6.07) is 0. The third kappa shape index (κ3) is 1.94. The fourth-order valence-electron chi connectivity index (χ4n) is 0.420. The Bertz CT molecular complexity index is 181. The molecule has 0 aromatic carbocycles. The molecule has 0 bridgehead atoms. The molecule has 0 saturated heterocycles. The molecule has 58 valence electrons. The summed E-state index contributed by atoms with van der Waals surface area (Å²) in [4.78, 5) is 4.95. The van der Waals surface area contributed by atoms with Crippen molar-refractivity contribution < 1.29 is 13.2 Å². The third-order valence-corrected chi connectivity index (χ3v) is 0.767. The number of aromatic amines is 1. The first-order valence-corrected chi connectivity index (χ1v) is 2.17. The van der Waals surface area contributed by atoms with E-state index < -0.39 is 12.0 Å². The van der Waals surface area contributed by atoms with Gasteiger partial charge in [0.15, 0.2) is 0 Å². The molecular formula is C4H5F3N2S. The van der Waals surface area contributed by atoms with Gasteiger partial charge in [-0.3, -0.25) is 0 Å². The Morgan fingerprint density at radius 3 is 2.20 bits per heavy atom. The van der Waals surface area contributed by atoms with Crippen molar-refractivity contribution in [2.24, 2.45) is 0 Å². The molecule has 0 amide bonds. The average molecular weight is 170 g/mol. The Morgan fingerprint density at radius 2 is 2.00 bits per heavy atom. The Hall–Kier alpha value is -0.650. The monoisotopic (exact) mass is 170 g/mol. The topological polar surface area (TPSA) is 28.7 Å². The number of alkyl halides is 3. The highest BCUT2D eigenvalue weighted by Crippen LogP contribution is 2.24. The van der Waals surface area contributed by atoms with Gasteiger partial charge in [-0.25, -0.2) is 4.98 Å². The molecule has 1 N–H and O–H groups in total. The van der Waals surface area contributed by atoms with Gasteiger partial charge in [-0.05, 0) is 0 Å². The van der Waals surface area contributed by atoms with Crippen molar-refractivity contribution in [3.63, 3.8) is 0 Å². The van der Waals surface area contributed by atoms with Gasteiger partial charge in [0.25, 0.3) is 0 Å². The van der Waals surface area contributed by atoms with Crippen LogP contribution in [-0.4, -0.2) is 9.97 Å². The molecule has 1 rings (SSSR count). The van der Waals surface area contributed by atoms with Crippen LogP contribution in [-0.2, 0) is 6.18 Å². The summed E-state index contributed by atoms with van der Waals surface area (Å²) < 4.78 is 34.6. The van der Waals surface area contributed by atoms with Crippen LogP contribution in [0.4, 0.5) is 13.2 Å². The van der Waals surface area contributed by atoms with Gasteiger partial charge in [-0.2, -0.15) is 26.7 Å². The fraction of sp³-hybridized carbons (Fsp3) is 0.250. The Kier molecular flexibility index (Phi) is 2.77. The highest BCUT2D eigenvalue weighted by molar-refractivity contribution is 7.59. The van der Waals surface area contributed by atoms with Crippen LogP contribution in [0.15, 0.2) is 12.4 Å². The second-order valence-corrected chi connectivity index (χ2v) is 1.44. The molecule has 1 aromatic heterocycles. The molecule has 0 atom stereocenters. The average Bonchev–Trinajstić information content (AvgIpc) is 2.08. The van der Waals surface area contributed by atoms with Crippen LogP contribution in [0.5, 0.6) is 0 Å². The minimum Gasteiger partial charge on any atom is -0.341 e. The minimum atomic E-state index is -4.34. The standard InChI is InChI=1S/C4H3F3N2.H2S/c5-4(6,7)3-8-1-2-9-3;/h1-2H,(H,8,9);1H2. The zero-order valence-electron chi connectivity index (χ0n) is 4.74. The molecule has 0 aliphatic carbocycles. The van der Waals surface area contributed by atoms with E-state index in [1.807, 2.05) is 4.98 Å². The maximum Gasteiger partial charge on any atom is 0.449 e. The van der Waals surface area contributed by atoms with Crippen LogP contribution >= 0.6 is 13.5 Å². The summed E-state index contributed by atoms with van der Waals surface area (Å²) >= 11 is 0. The number of rotatable bonds is 0. The summed E-state index contributed by atoms with van der Waals surface area (Å²) in [5.74, 6) is -0.956. The lowest BCUT2D eigenvalue weighted by Gasteiger charge is -1.98. The number of imidazole rings is 1. The van der Waals surface area contributed by atoms with E-state index in [9.17, 15) is 13.2 Å². The molecule has 0 aliphatic heterocycles. The van der Waals surface area contributed by atoms with Crippen molar-refractivity contribution in [1.29, 1.82) is 0 Å². The van der Waals surface area contributed by atoms with Crippen molar-refractivity contribution in [3.8, 4) is 0 Å². The lowest BCUT2D eigenvalue weighted by atomic mass is 10.6. The first-order valence-electron chi connectivity index (χ1n) is 2.17. The maximum absolute atomic E-state index is 11.5. The first kappa shape index (κ1) is 9.35. The quantitative estimate of drug-likeness (QED) is 0.628. The molecule has 0 fully saturated rings. The van der Waals surface area contributed by atoms with Gasteiger partial charge < -0.3 is 4.98 Å². The van der Waals surface area contributed by atoms with E-state index in [0.29, 0.717) is 0 Å². The summed E-state index contributed by atoms with van der Waals surface area (Å²) in [5, 5.41) is 0. The molecule has 6 heteroatoms. The number of nitrogens with one attached hydrogen (secondary N) is 1. The van der Waals surface area contributed by atoms with Crippen molar-refractivity contribution in [3.05, 3.63) is 18.2 Å². The van der Waals surface area contributed by atoms with Gasteiger partial charge in [0.2, 0.25) is 5.82 Å². The summed E-state index contributed by atoms with van der Waals surface area (Å²) in [6.45, 7) is 0. The first-order chi connectivity index (χ1) is 4.11. The summed E-state index contributed by atoms with van der Waals surface area (Å²) in [7, 11) is 0. The number of hydrogen-bond acceptors (Lipinski definition) is 1. The van der Waals surface area contributed by atoms with E-state index in [1.54, 1.807) is 0 Å². The van der Waals surface area contributed by atoms with E-state index in [0.717, 1.165) is 12.4 Å². The van der Waals surface area contributed by atoms with Crippen LogP contribution in [0, 0.1) is 0 Å². The SMILES string of the molecule is FC(F)(F)c1ncc[nH]1.S. The molecule has 0 saturated carbocycles. The van der Waals surface area contributed by atoms with Crippen molar-refractivity contribution in [2.45, 2.75) is 6.18 Å². The van der Waals surface area contributed by atoms with Gasteiger partial charge in [0, 0.05) is 12.4 Å². The van der Waals surface area contributed by atoms with E-state index >= 15 is 0 Å². The number of H-pyrrole nitrogens is 1. The Labute approximate surface area is 61.9 Å². The molecule has 0 aliphatic rings. The number of halogens is 3. The van der Waals surface area contributed by atoms with E-state index in [-0.39, 0.29) is 13.5 Å². The zero-order chi connectivity index (χ0) is 6.91. The zero-order valence-corrected chi connectivity index (χ0v) is 5.74. The van der Waals surface area contributed by atoms with Crippen LogP contribution in [0.3, 0.4) is 0 Å². The lowest BCUT2D eigenvalue weighted by Crippen LogP contribution is -2.06. The van der Waals surface area contributed by atoms with Gasteiger partial charge in [-0.15, -0.1) is 0 Å². The van der Waals surface area contributed by atoms with Gasteiger partial charge in [0.05, 0.1) is 0 Å². The van der Waals surface area contributed by atoms with Crippen molar-refractivity contribution in [1.82, 2.24) is 9.97 Å². The predicted molar refractivity (Wildman–Crippen MR) is 34.0 cm³/mol. The predicted octanol–water partition coefficient (Wildman–Crippen LogP) is 1.54. The van der Waals surface area contributed by atoms with Gasteiger partial charge in [0.1, 0.15) is 0 Å².